The number of amides is 1. The summed E-state index contributed by atoms with van der Waals surface area (Å²) in [7, 11) is -8.08. The number of sulfone groups is 1. The Hall–Kier alpha value is -2.36. The number of sulfonamides is 1. The molecule has 3 aromatic rings. The molecule has 0 radical (unpaired) electrons. The van der Waals surface area contributed by atoms with Crippen LogP contribution in [0.5, 0.6) is 0 Å². The third-order valence-corrected chi connectivity index (χ3v) is 7.93. The standard InChI is InChI=1S/C20H21ClN2O5S2/c1-4-7-29(25,26)23-20(24)18-19(16-11-14(21)5-6-17(16)22-18)30(27,28)15-9-12(2)8-13(3)10-15/h5-6,8-11,22H,4,7H2,1-3H3,(H,23,24). The van der Waals surface area contributed by atoms with Gasteiger partial charge in [-0.2, -0.15) is 0 Å². The Morgan fingerprint density at radius 2 is 1.67 bits per heavy atom. The molecule has 3 rings (SSSR count). The van der Waals surface area contributed by atoms with E-state index in [-0.39, 0.29) is 31.6 Å². The number of aromatic nitrogens is 1. The molecular formula is C20H21ClN2O5S2. The second-order valence-corrected chi connectivity index (χ2v) is 11.3. The Labute approximate surface area is 180 Å². The van der Waals surface area contributed by atoms with Crippen molar-refractivity contribution in [3.05, 3.63) is 58.2 Å². The van der Waals surface area contributed by atoms with Crippen molar-refractivity contribution in [3.8, 4) is 0 Å². The molecule has 0 fully saturated rings. The lowest BCUT2D eigenvalue weighted by atomic mass is 10.2. The van der Waals surface area contributed by atoms with Crippen LogP contribution in [0.15, 0.2) is 46.2 Å². The van der Waals surface area contributed by atoms with Crippen LogP contribution in [-0.2, 0) is 19.9 Å². The quantitative estimate of drug-likeness (QED) is 0.572. The lowest BCUT2D eigenvalue weighted by Gasteiger charge is -2.10. The van der Waals surface area contributed by atoms with Crippen LogP contribution in [0.3, 0.4) is 0 Å². The van der Waals surface area contributed by atoms with Gasteiger partial charge in [0.15, 0.2) is 0 Å². The lowest BCUT2D eigenvalue weighted by Crippen LogP contribution is -2.33. The number of carbonyl (C=O) groups excluding carboxylic acids is 1. The maximum Gasteiger partial charge on any atom is 0.282 e. The van der Waals surface area contributed by atoms with E-state index in [0.717, 1.165) is 11.1 Å². The van der Waals surface area contributed by atoms with Gasteiger partial charge >= 0.3 is 0 Å². The summed E-state index contributed by atoms with van der Waals surface area (Å²) in [6.45, 7) is 5.19. The van der Waals surface area contributed by atoms with Gasteiger partial charge in [-0.25, -0.2) is 21.6 Å². The summed E-state index contributed by atoms with van der Waals surface area (Å²) in [6.07, 6.45) is 0.304. The first-order valence-corrected chi connectivity index (χ1v) is 12.7. The third kappa shape index (κ3) is 4.38. The van der Waals surface area contributed by atoms with Crippen molar-refractivity contribution >= 4 is 48.3 Å². The van der Waals surface area contributed by atoms with Gasteiger partial charge in [0, 0.05) is 15.9 Å². The van der Waals surface area contributed by atoms with Crippen LogP contribution in [0.1, 0.15) is 35.0 Å². The van der Waals surface area contributed by atoms with Gasteiger partial charge in [-0.05, 0) is 61.7 Å². The predicted octanol–water partition coefficient (Wildman–Crippen LogP) is 3.74. The van der Waals surface area contributed by atoms with Crippen molar-refractivity contribution in [2.45, 2.75) is 37.0 Å². The minimum absolute atomic E-state index is 0.00587. The summed E-state index contributed by atoms with van der Waals surface area (Å²) in [5.74, 6) is -1.30. The fraction of sp³-hybridized carbons (Fsp3) is 0.250. The average molecular weight is 469 g/mol. The minimum Gasteiger partial charge on any atom is -0.349 e. The van der Waals surface area contributed by atoms with Gasteiger partial charge in [0.25, 0.3) is 5.91 Å². The second kappa shape index (κ2) is 8.05. The van der Waals surface area contributed by atoms with Gasteiger partial charge in [-0.15, -0.1) is 0 Å². The van der Waals surface area contributed by atoms with Gasteiger partial charge in [-0.1, -0.05) is 24.6 Å². The number of hydrogen-bond donors (Lipinski definition) is 2. The maximum atomic E-state index is 13.5. The highest BCUT2D eigenvalue weighted by Crippen LogP contribution is 2.34. The zero-order valence-corrected chi connectivity index (χ0v) is 19.0. The van der Waals surface area contributed by atoms with Gasteiger partial charge in [0.2, 0.25) is 19.9 Å². The number of hydrogen-bond acceptors (Lipinski definition) is 5. The normalized spacial score (nSPS) is 12.3. The van der Waals surface area contributed by atoms with Crippen LogP contribution in [0, 0.1) is 13.8 Å². The van der Waals surface area contributed by atoms with Crippen molar-refractivity contribution in [3.63, 3.8) is 0 Å². The molecule has 0 bridgehead atoms. The number of halogens is 1. The van der Waals surface area contributed by atoms with Crippen molar-refractivity contribution in [1.29, 1.82) is 0 Å². The lowest BCUT2D eigenvalue weighted by molar-refractivity contribution is 0.0974. The molecule has 0 aliphatic rings. The highest BCUT2D eigenvalue weighted by Gasteiger charge is 2.31. The monoisotopic (exact) mass is 468 g/mol. The smallest absolute Gasteiger partial charge is 0.282 e. The first kappa shape index (κ1) is 22.3. The molecule has 1 aromatic heterocycles. The maximum absolute atomic E-state index is 13.5. The Bertz CT molecular complexity index is 1340. The Balaban J connectivity index is 2.28. The number of fused-ring (bicyclic) bond motifs is 1. The molecule has 10 heteroatoms. The van der Waals surface area contributed by atoms with Crippen LogP contribution in [0.4, 0.5) is 0 Å². The van der Waals surface area contributed by atoms with E-state index in [1.165, 1.54) is 24.3 Å². The number of rotatable bonds is 6. The van der Waals surface area contributed by atoms with E-state index in [4.69, 9.17) is 11.6 Å². The van der Waals surface area contributed by atoms with E-state index in [1.54, 1.807) is 26.8 Å². The van der Waals surface area contributed by atoms with E-state index >= 15 is 0 Å². The summed E-state index contributed by atoms with van der Waals surface area (Å²) in [4.78, 5) is 15.2. The molecule has 160 valence electrons. The number of aromatic amines is 1. The molecule has 0 saturated carbocycles. The molecule has 30 heavy (non-hydrogen) atoms. The van der Waals surface area contributed by atoms with Gasteiger partial charge in [-0.3, -0.25) is 4.79 Å². The van der Waals surface area contributed by atoms with Gasteiger partial charge < -0.3 is 4.98 Å². The highest BCUT2D eigenvalue weighted by molar-refractivity contribution is 7.92. The summed E-state index contributed by atoms with van der Waals surface area (Å²) in [6, 6.07) is 9.34. The molecule has 0 aliphatic heterocycles. The molecule has 0 spiro atoms. The molecule has 1 amide bonds. The van der Waals surface area contributed by atoms with Crippen molar-refractivity contribution in [1.82, 2.24) is 9.71 Å². The second-order valence-electron chi connectivity index (χ2n) is 7.10. The molecule has 7 nitrogen and oxygen atoms in total. The number of aryl methyl sites for hydroxylation is 2. The molecule has 2 aromatic carbocycles. The van der Waals surface area contributed by atoms with E-state index < -0.39 is 25.8 Å². The largest absolute Gasteiger partial charge is 0.349 e. The number of carbonyl (C=O) groups is 1. The van der Waals surface area contributed by atoms with E-state index in [0.29, 0.717) is 11.9 Å². The summed E-state index contributed by atoms with van der Waals surface area (Å²) < 4.78 is 53.2. The van der Waals surface area contributed by atoms with Crippen molar-refractivity contribution in [2.75, 3.05) is 5.75 Å². The zero-order chi connectivity index (χ0) is 22.3. The molecule has 0 saturated heterocycles. The predicted molar refractivity (Wildman–Crippen MR) is 116 cm³/mol. The van der Waals surface area contributed by atoms with Gasteiger partial charge in [0.05, 0.1) is 10.6 Å². The molecule has 0 aliphatic carbocycles. The van der Waals surface area contributed by atoms with E-state index in [9.17, 15) is 21.6 Å². The first-order chi connectivity index (χ1) is 13.9. The minimum atomic E-state index is -4.17. The average Bonchev–Trinajstić information content (AvgIpc) is 2.99. The SMILES string of the molecule is CCCS(=O)(=O)NC(=O)c1[nH]c2ccc(Cl)cc2c1S(=O)(=O)c1cc(C)cc(C)c1. The van der Waals surface area contributed by atoms with Gasteiger partial charge in [0.1, 0.15) is 10.6 Å². The van der Waals surface area contributed by atoms with E-state index in [1.807, 2.05) is 10.8 Å². The molecule has 2 N–H and O–H groups in total. The van der Waals surface area contributed by atoms with Crippen LogP contribution in [-0.4, -0.2) is 33.5 Å². The summed E-state index contributed by atoms with van der Waals surface area (Å²) in [5.41, 5.74) is 1.47. The highest BCUT2D eigenvalue weighted by atomic mass is 35.5. The Morgan fingerprint density at radius 1 is 1.03 bits per heavy atom. The number of benzene rings is 2. The topological polar surface area (TPSA) is 113 Å². The fourth-order valence-corrected chi connectivity index (χ4v) is 6.28. The molecule has 0 atom stereocenters. The van der Waals surface area contributed by atoms with Crippen LogP contribution in [0.2, 0.25) is 5.02 Å². The summed E-state index contributed by atoms with van der Waals surface area (Å²) in [5, 5.41) is 0.489. The van der Waals surface area contributed by atoms with Crippen molar-refractivity contribution in [2.24, 2.45) is 0 Å². The Kier molecular flexibility index (Phi) is 5.99. The number of nitrogens with one attached hydrogen (secondary N) is 2. The summed E-state index contributed by atoms with van der Waals surface area (Å²) >= 11 is 6.07. The van der Waals surface area contributed by atoms with Crippen molar-refractivity contribution < 1.29 is 21.6 Å². The zero-order valence-electron chi connectivity index (χ0n) is 16.6. The van der Waals surface area contributed by atoms with Crippen LogP contribution in [0.25, 0.3) is 10.9 Å². The Morgan fingerprint density at radius 3 is 2.27 bits per heavy atom. The first-order valence-electron chi connectivity index (χ1n) is 9.14. The fourth-order valence-electron chi connectivity index (χ4n) is 3.30. The van der Waals surface area contributed by atoms with Crippen LogP contribution >= 0.6 is 11.6 Å². The number of H-pyrrole nitrogens is 1. The van der Waals surface area contributed by atoms with E-state index in [2.05, 4.69) is 4.98 Å². The van der Waals surface area contributed by atoms with Crippen LogP contribution < -0.4 is 4.72 Å². The molecule has 1 heterocycles. The molecule has 0 unspecified atom stereocenters. The molecular weight excluding hydrogens is 448 g/mol. The third-order valence-electron chi connectivity index (χ3n) is 4.44.